The van der Waals surface area contributed by atoms with E-state index in [1.165, 1.54) is 17.3 Å². The molecule has 0 atom stereocenters. The van der Waals surface area contributed by atoms with Gasteiger partial charge in [-0.2, -0.15) is 4.68 Å². The number of tetrazole rings is 1. The van der Waals surface area contributed by atoms with Crippen molar-refractivity contribution in [2.24, 2.45) is 0 Å². The molecule has 8 heteroatoms. The Hall–Kier alpha value is -2.19. The molecule has 1 N–H and O–H groups in total. The molecule has 0 unspecified atom stereocenters. The second-order valence-corrected chi connectivity index (χ2v) is 7.35. The zero-order valence-electron chi connectivity index (χ0n) is 13.7. The fourth-order valence-electron chi connectivity index (χ4n) is 2.18. The minimum absolute atomic E-state index is 0.113. The molecule has 25 heavy (non-hydrogen) atoms. The number of hydrogen-bond donors (Lipinski definition) is 1. The van der Waals surface area contributed by atoms with Crippen LogP contribution in [0.25, 0.3) is 5.69 Å². The highest BCUT2D eigenvalue weighted by Gasteiger charge is 2.12. The minimum Gasteiger partial charge on any atom is -0.325 e. The summed E-state index contributed by atoms with van der Waals surface area (Å²) < 4.78 is 2.56. The summed E-state index contributed by atoms with van der Waals surface area (Å²) >= 11 is 4.68. The first kappa shape index (κ1) is 17.6. The molecule has 3 aromatic rings. The number of carbonyl (C=O) groups excluding carboxylic acids is 1. The molecule has 0 radical (unpaired) electrons. The van der Waals surface area contributed by atoms with Crippen LogP contribution in [0.2, 0.25) is 0 Å². The lowest BCUT2D eigenvalue weighted by Crippen LogP contribution is -2.14. The van der Waals surface area contributed by atoms with Crippen LogP contribution in [0.5, 0.6) is 0 Å². The van der Waals surface area contributed by atoms with E-state index in [1.807, 2.05) is 49.4 Å². The van der Waals surface area contributed by atoms with Crippen LogP contribution in [0.4, 0.5) is 5.69 Å². The summed E-state index contributed by atoms with van der Waals surface area (Å²) in [6.07, 6.45) is 0. The van der Waals surface area contributed by atoms with Crippen LogP contribution < -0.4 is 5.32 Å². The molecule has 3 rings (SSSR count). The molecule has 0 aliphatic heterocycles. The van der Waals surface area contributed by atoms with Gasteiger partial charge in [-0.05, 0) is 65.7 Å². The number of carbonyl (C=O) groups is 1. The monoisotopic (exact) mass is 417 g/mol. The summed E-state index contributed by atoms with van der Waals surface area (Å²) in [5.41, 5.74) is 3.99. The zero-order valence-corrected chi connectivity index (χ0v) is 16.1. The fraction of sp³-hybridized carbons (Fsp3) is 0.176. The van der Waals surface area contributed by atoms with Gasteiger partial charge in [-0.15, -0.1) is 5.10 Å². The number of anilines is 1. The SMILES string of the molecule is Cc1ccc(-n2nnnc2SCC(=O)Nc2cccc(Br)c2)cc1C. The second kappa shape index (κ2) is 7.79. The topological polar surface area (TPSA) is 72.7 Å². The van der Waals surface area contributed by atoms with Crippen LogP contribution >= 0.6 is 27.7 Å². The molecule has 0 saturated carbocycles. The largest absolute Gasteiger partial charge is 0.325 e. The highest BCUT2D eigenvalue weighted by molar-refractivity contribution is 9.10. The van der Waals surface area contributed by atoms with Crippen molar-refractivity contribution in [3.63, 3.8) is 0 Å². The lowest BCUT2D eigenvalue weighted by Gasteiger charge is -2.07. The minimum atomic E-state index is -0.113. The second-order valence-electron chi connectivity index (χ2n) is 5.49. The van der Waals surface area contributed by atoms with Gasteiger partial charge < -0.3 is 5.32 Å². The van der Waals surface area contributed by atoms with E-state index >= 15 is 0 Å². The van der Waals surface area contributed by atoms with Crippen molar-refractivity contribution in [1.29, 1.82) is 0 Å². The lowest BCUT2D eigenvalue weighted by molar-refractivity contribution is -0.113. The molecule has 1 aromatic heterocycles. The van der Waals surface area contributed by atoms with E-state index in [2.05, 4.69) is 43.7 Å². The summed E-state index contributed by atoms with van der Waals surface area (Å²) in [6.45, 7) is 4.10. The molecule has 1 heterocycles. The molecule has 0 aliphatic rings. The van der Waals surface area contributed by atoms with Gasteiger partial charge in [0.15, 0.2) is 0 Å². The van der Waals surface area contributed by atoms with Gasteiger partial charge in [0.1, 0.15) is 0 Å². The number of aromatic nitrogens is 4. The van der Waals surface area contributed by atoms with E-state index in [1.54, 1.807) is 4.68 Å². The first-order chi connectivity index (χ1) is 12.0. The van der Waals surface area contributed by atoms with E-state index in [9.17, 15) is 4.79 Å². The predicted octanol–water partition coefficient (Wildman–Crippen LogP) is 3.77. The molecule has 6 nitrogen and oxygen atoms in total. The highest BCUT2D eigenvalue weighted by atomic mass is 79.9. The summed E-state index contributed by atoms with van der Waals surface area (Å²) in [5, 5.41) is 15.2. The Balaban J connectivity index is 1.67. The molecule has 0 fully saturated rings. The van der Waals surface area contributed by atoms with Crippen LogP contribution in [0, 0.1) is 13.8 Å². The number of halogens is 1. The van der Waals surface area contributed by atoms with E-state index in [-0.39, 0.29) is 11.7 Å². The van der Waals surface area contributed by atoms with Gasteiger partial charge in [-0.25, -0.2) is 0 Å². The third kappa shape index (κ3) is 4.46. The molecule has 1 amide bonds. The van der Waals surface area contributed by atoms with E-state index in [4.69, 9.17) is 0 Å². The molecule has 128 valence electrons. The van der Waals surface area contributed by atoms with Gasteiger partial charge in [0.05, 0.1) is 11.4 Å². The van der Waals surface area contributed by atoms with Crippen molar-refractivity contribution in [2.75, 3.05) is 11.1 Å². The molecule has 0 spiro atoms. The maximum atomic E-state index is 12.1. The quantitative estimate of drug-likeness (QED) is 0.639. The van der Waals surface area contributed by atoms with Crippen LogP contribution in [0.1, 0.15) is 11.1 Å². The zero-order chi connectivity index (χ0) is 17.8. The number of nitrogens with zero attached hydrogens (tertiary/aromatic N) is 4. The summed E-state index contributed by atoms with van der Waals surface area (Å²) in [5.74, 6) is 0.107. The molecular weight excluding hydrogens is 402 g/mol. The number of rotatable bonds is 5. The number of thioether (sulfide) groups is 1. The van der Waals surface area contributed by atoms with Gasteiger partial charge in [0.25, 0.3) is 0 Å². The first-order valence-corrected chi connectivity index (χ1v) is 9.35. The van der Waals surface area contributed by atoms with Gasteiger partial charge in [-0.3, -0.25) is 4.79 Å². The van der Waals surface area contributed by atoms with E-state index in [0.717, 1.165) is 21.4 Å². The van der Waals surface area contributed by atoms with Crippen molar-refractivity contribution in [3.8, 4) is 5.69 Å². The lowest BCUT2D eigenvalue weighted by atomic mass is 10.1. The van der Waals surface area contributed by atoms with E-state index in [0.29, 0.717) is 5.16 Å². The number of hydrogen-bond acceptors (Lipinski definition) is 5. The highest BCUT2D eigenvalue weighted by Crippen LogP contribution is 2.21. The Morgan fingerprint density at radius 1 is 1.20 bits per heavy atom. The van der Waals surface area contributed by atoms with Crippen molar-refractivity contribution < 1.29 is 4.79 Å². The molecule has 2 aromatic carbocycles. The molecular formula is C17H16BrN5OS. The Labute approximate surface area is 158 Å². The molecule has 0 bridgehead atoms. The fourth-order valence-corrected chi connectivity index (χ4v) is 3.27. The maximum Gasteiger partial charge on any atom is 0.234 e. The van der Waals surface area contributed by atoms with Crippen LogP contribution in [-0.4, -0.2) is 31.9 Å². The van der Waals surface area contributed by atoms with Crippen molar-refractivity contribution in [1.82, 2.24) is 20.2 Å². The van der Waals surface area contributed by atoms with Gasteiger partial charge >= 0.3 is 0 Å². The summed E-state index contributed by atoms with van der Waals surface area (Å²) in [6, 6.07) is 13.5. The number of aryl methyl sites for hydroxylation is 2. The average Bonchev–Trinajstić information content (AvgIpc) is 3.04. The van der Waals surface area contributed by atoms with Gasteiger partial charge in [-0.1, -0.05) is 39.8 Å². The van der Waals surface area contributed by atoms with Crippen molar-refractivity contribution in [3.05, 3.63) is 58.1 Å². The number of nitrogens with one attached hydrogen (secondary N) is 1. The molecule has 0 aliphatic carbocycles. The van der Waals surface area contributed by atoms with Crippen molar-refractivity contribution >= 4 is 39.3 Å². The third-order valence-electron chi connectivity index (χ3n) is 3.62. The standard InChI is InChI=1S/C17H16BrN5OS/c1-11-6-7-15(8-12(11)2)23-17(20-21-22-23)25-10-16(24)19-14-5-3-4-13(18)9-14/h3-9H,10H2,1-2H3,(H,19,24). The number of benzene rings is 2. The third-order valence-corrected chi connectivity index (χ3v) is 5.03. The Morgan fingerprint density at radius 2 is 2.04 bits per heavy atom. The Bertz CT molecular complexity index is 912. The predicted molar refractivity (Wildman–Crippen MR) is 102 cm³/mol. The van der Waals surface area contributed by atoms with Gasteiger partial charge in [0.2, 0.25) is 11.1 Å². The molecule has 0 saturated heterocycles. The number of amides is 1. The smallest absolute Gasteiger partial charge is 0.234 e. The summed E-state index contributed by atoms with van der Waals surface area (Å²) in [4.78, 5) is 12.1. The first-order valence-electron chi connectivity index (χ1n) is 7.57. The normalized spacial score (nSPS) is 10.7. The van der Waals surface area contributed by atoms with E-state index < -0.39 is 0 Å². The van der Waals surface area contributed by atoms with Gasteiger partial charge in [0, 0.05) is 10.2 Å². The average molecular weight is 418 g/mol. The summed E-state index contributed by atoms with van der Waals surface area (Å²) in [7, 11) is 0. The Kier molecular flexibility index (Phi) is 5.50. The van der Waals surface area contributed by atoms with Crippen LogP contribution in [-0.2, 0) is 4.79 Å². The van der Waals surface area contributed by atoms with Crippen LogP contribution in [0.15, 0.2) is 52.1 Å². The van der Waals surface area contributed by atoms with Crippen molar-refractivity contribution in [2.45, 2.75) is 19.0 Å². The maximum absolute atomic E-state index is 12.1. The Morgan fingerprint density at radius 3 is 2.80 bits per heavy atom. The van der Waals surface area contributed by atoms with Crippen LogP contribution in [0.3, 0.4) is 0 Å².